The fourth-order valence-corrected chi connectivity index (χ4v) is 8.63. The lowest BCUT2D eigenvalue weighted by Gasteiger charge is -2.07. The van der Waals surface area contributed by atoms with E-state index in [-0.39, 0.29) is 0 Å². The average molecular weight is 532 g/mol. The Morgan fingerprint density at radius 3 is 2.70 bits per heavy atom. The summed E-state index contributed by atoms with van der Waals surface area (Å²) in [6, 6.07) is 11.2. The molecule has 0 saturated heterocycles. The maximum atomic E-state index is 3.72. The number of hydrogen-bond acceptors (Lipinski definition) is 3. The van der Waals surface area contributed by atoms with Crippen molar-refractivity contribution in [2.45, 2.75) is 4.90 Å². The third kappa shape index (κ3) is 2.73. The van der Waals surface area contributed by atoms with Gasteiger partial charge < -0.3 is 0 Å². The Morgan fingerprint density at radius 2 is 1.78 bits per heavy atom. The van der Waals surface area contributed by atoms with E-state index >= 15 is 0 Å². The Kier molecular flexibility index (Phi) is 4.14. The van der Waals surface area contributed by atoms with E-state index in [0.29, 0.717) is 0 Å². The molecule has 0 saturated carbocycles. The summed E-state index contributed by atoms with van der Waals surface area (Å²) in [6.07, 6.45) is 4.71. The molecular formula is C22H12Br2S3. The van der Waals surface area contributed by atoms with Crippen molar-refractivity contribution in [3.8, 4) is 0 Å². The quantitative estimate of drug-likeness (QED) is 0.560. The highest BCUT2D eigenvalue weighted by atomic mass is 79.9. The van der Waals surface area contributed by atoms with E-state index in [2.05, 4.69) is 79.8 Å². The van der Waals surface area contributed by atoms with Crippen molar-refractivity contribution in [2.75, 3.05) is 11.5 Å². The molecule has 132 valence electrons. The third-order valence-corrected chi connectivity index (χ3v) is 9.52. The Labute approximate surface area is 186 Å². The Morgan fingerprint density at radius 1 is 0.889 bits per heavy atom. The summed E-state index contributed by atoms with van der Waals surface area (Å²) in [7, 11) is 0. The predicted molar refractivity (Wildman–Crippen MR) is 128 cm³/mol. The molecule has 0 N–H and O–H groups in total. The summed E-state index contributed by atoms with van der Waals surface area (Å²) in [5.41, 5.74) is 5.83. The first kappa shape index (κ1) is 17.3. The summed E-state index contributed by atoms with van der Waals surface area (Å²) in [6.45, 7) is 0. The zero-order valence-electron chi connectivity index (χ0n) is 14.0. The van der Waals surface area contributed by atoms with Crippen LogP contribution in [0.2, 0.25) is 0 Å². The van der Waals surface area contributed by atoms with Gasteiger partial charge in [0.2, 0.25) is 0 Å². The molecule has 5 heteroatoms. The number of benzene rings is 2. The van der Waals surface area contributed by atoms with E-state index in [1.807, 2.05) is 35.3 Å². The maximum absolute atomic E-state index is 3.72. The topological polar surface area (TPSA) is 0 Å². The second kappa shape index (κ2) is 6.46. The van der Waals surface area contributed by atoms with E-state index in [1.165, 1.54) is 52.3 Å². The van der Waals surface area contributed by atoms with Crippen molar-refractivity contribution in [1.29, 1.82) is 0 Å². The highest BCUT2D eigenvalue weighted by Crippen LogP contribution is 2.47. The van der Waals surface area contributed by atoms with Gasteiger partial charge in [-0.05, 0) is 74.2 Å². The molecule has 0 fully saturated rings. The molecule has 0 atom stereocenters. The Bertz CT molecular complexity index is 1360. The van der Waals surface area contributed by atoms with Gasteiger partial charge in [-0.1, -0.05) is 49.7 Å². The van der Waals surface area contributed by atoms with E-state index < -0.39 is 0 Å². The highest BCUT2D eigenvalue weighted by molar-refractivity contribution is 9.10. The van der Waals surface area contributed by atoms with Crippen LogP contribution in [-0.2, 0) is 0 Å². The van der Waals surface area contributed by atoms with Gasteiger partial charge in [0.1, 0.15) is 0 Å². The molecule has 0 amide bonds. The summed E-state index contributed by atoms with van der Waals surface area (Å²) >= 11 is 13.2. The van der Waals surface area contributed by atoms with Crippen LogP contribution in [0.3, 0.4) is 0 Å². The summed E-state index contributed by atoms with van der Waals surface area (Å²) in [5, 5.41) is 7.84. The van der Waals surface area contributed by atoms with Crippen LogP contribution in [0.15, 0.2) is 65.0 Å². The molecule has 2 aliphatic heterocycles. The summed E-state index contributed by atoms with van der Waals surface area (Å²) < 4.78 is 3.74. The monoisotopic (exact) mass is 530 g/mol. The third-order valence-electron chi connectivity index (χ3n) is 5.23. The molecule has 0 radical (unpaired) electrons. The van der Waals surface area contributed by atoms with E-state index in [9.17, 15) is 0 Å². The fourth-order valence-electron chi connectivity index (χ4n) is 4.05. The Balaban J connectivity index is 1.53. The first-order valence-corrected chi connectivity index (χ1v) is 13.0. The SMILES string of the molecule is Brc1ccc2c(c1)=CC1=C(Sc3cc(Br)cc4c3=C3CSC=C3C=4)SCC=21. The second-order valence-electron chi connectivity index (χ2n) is 6.82. The molecule has 0 unspecified atom stereocenters. The van der Waals surface area contributed by atoms with Crippen molar-refractivity contribution in [3.05, 3.63) is 80.9 Å². The lowest BCUT2D eigenvalue weighted by Crippen LogP contribution is -2.25. The molecular weight excluding hydrogens is 520 g/mol. The predicted octanol–water partition coefficient (Wildman–Crippen LogP) is 4.48. The van der Waals surface area contributed by atoms with Gasteiger partial charge in [0.25, 0.3) is 0 Å². The molecule has 0 bridgehead atoms. The molecule has 6 rings (SSSR count). The number of hydrogen-bond donors (Lipinski definition) is 0. The van der Waals surface area contributed by atoms with E-state index in [4.69, 9.17) is 0 Å². The van der Waals surface area contributed by atoms with Gasteiger partial charge in [-0.25, -0.2) is 0 Å². The largest absolute Gasteiger partial charge is 0.129 e. The van der Waals surface area contributed by atoms with Gasteiger partial charge in [-0.2, -0.15) is 0 Å². The molecule has 0 spiro atoms. The van der Waals surface area contributed by atoms with Crippen LogP contribution >= 0.6 is 67.1 Å². The molecule has 2 aliphatic carbocycles. The standard InChI is InChI=1S/C22H12Br2S3/c23-14-1-2-16-11(4-14)6-17-19(16)10-26-22(17)27-20-7-15(24)5-12-3-13-8-25-9-18(13)21(12)20/h1-8H,9-10H2. The van der Waals surface area contributed by atoms with Crippen molar-refractivity contribution in [1.82, 2.24) is 0 Å². The normalized spacial score (nSPS) is 18.8. The van der Waals surface area contributed by atoms with E-state index in [1.54, 1.807) is 0 Å². The molecule has 0 aromatic heterocycles. The first-order chi connectivity index (χ1) is 13.2. The average Bonchev–Trinajstić information content (AvgIpc) is 3.35. The van der Waals surface area contributed by atoms with Crippen molar-refractivity contribution >= 4 is 90.4 Å². The van der Waals surface area contributed by atoms with Crippen LogP contribution in [-0.4, -0.2) is 11.5 Å². The molecule has 0 nitrogen and oxygen atoms in total. The van der Waals surface area contributed by atoms with Crippen LogP contribution in [0.4, 0.5) is 0 Å². The zero-order chi connectivity index (χ0) is 18.1. The van der Waals surface area contributed by atoms with Crippen LogP contribution in [0.5, 0.6) is 0 Å². The van der Waals surface area contributed by atoms with Gasteiger partial charge in [0, 0.05) is 36.1 Å². The van der Waals surface area contributed by atoms with Crippen LogP contribution in [0.25, 0.3) is 23.3 Å². The lowest BCUT2D eigenvalue weighted by atomic mass is 10.1. The number of thioether (sulfide) groups is 3. The van der Waals surface area contributed by atoms with Crippen molar-refractivity contribution < 1.29 is 0 Å². The van der Waals surface area contributed by atoms with Crippen LogP contribution in [0, 0.1) is 0 Å². The maximum Gasteiger partial charge on any atom is 0.0529 e. The smallest absolute Gasteiger partial charge is 0.0529 e. The van der Waals surface area contributed by atoms with Gasteiger partial charge in [-0.15, -0.1) is 23.5 Å². The highest BCUT2D eigenvalue weighted by Gasteiger charge is 2.25. The first-order valence-electron chi connectivity index (χ1n) is 8.60. The molecule has 27 heavy (non-hydrogen) atoms. The number of fused-ring (bicyclic) bond motifs is 4. The summed E-state index contributed by atoms with van der Waals surface area (Å²) in [4.78, 5) is 1.37. The Hall–Kier alpha value is -0.590. The number of allylic oxidation sites excluding steroid dienone is 2. The molecule has 2 aromatic carbocycles. The number of halogens is 2. The second-order valence-corrected chi connectivity index (χ2v) is 11.8. The van der Waals surface area contributed by atoms with Crippen LogP contribution in [0.1, 0.15) is 0 Å². The zero-order valence-corrected chi connectivity index (χ0v) is 19.6. The fraction of sp³-hybridized carbons (Fsp3) is 0.0909. The van der Waals surface area contributed by atoms with Gasteiger partial charge in [-0.3, -0.25) is 0 Å². The lowest BCUT2D eigenvalue weighted by molar-refractivity contribution is 1.31. The molecule has 2 aromatic rings. The summed E-state index contributed by atoms with van der Waals surface area (Å²) in [5.74, 6) is 2.17. The van der Waals surface area contributed by atoms with E-state index in [0.717, 1.165) is 20.5 Å². The minimum Gasteiger partial charge on any atom is -0.129 e. The van der Waals surface area contributed by atoms with Crippen molar-refractivity contribution in [2.24, 2.45) is 0 Å². The molecule has 4 aliphatic rings. The van der Waals surface area contributed by atoms with Crippen molar-refractivity contribution in [3.63, 3.8) is 0 Å². The van der Waals surface area contributed by atoms with Gasteiger partial charge in [0.15, 0.2) is 0 Å². The van der Waals surface area contributed by atoms with Gasteiger partial charge in [0.05, 0.1) is 4.24 Å². The van der Waals surface area contributed by atoms with Crippen LogP contribution < -0.4 is 20.9 Å². The minimum absolute atomic E-state index is 1.07. The molecule has 2 heterocycles. The minimum atomic E-state index is 1.07. The van der Waals surface area contributed by atoms with Gasteiger partial charge >= 0.3 is 0 Å². The number of rotatable bonds is 2.